The van der Waals surface area contributed by atoms with E-state index in [2.05, 4.69) is 4.98 Å². The average molecular weight is 271 g/mol. The number of Topliss-reactive ketones (excluding diaryl/α,β-unsaturated/α-hetero) is 1. The molecule has 0 bridgehead atoms. The van der Waals surface area contributed by atoms with Crippen molar-refractivity contribution in [3.8, 4) is 11.5 Å². The summed E-state index contributed by atoms with van der Waals surface area (Å²) in [7, 11) is 0. The molecule has 2 aromatic rings. The largest absolute Gasteiger partial charge is 0.478 e. The molecule has 0 unspecified atom stereocenters. The molecule has 1 N–H and O–H groups in total. The molecule has 0 aliphatic rings. The minimum atomic E-state index is -1.06. The van der Waals surface area contributed by atoms with Crippen LogP contribution in [0.15, 0.2) is 42.6 Å². The summed E-state index contributed by atoms with van der Waals surface area (Å²) in [6, 6.07) is 9.48. The van der Waals surface area contributed by atoms with Gasteiger partial charge in [-0.1, -0.05) is 19.1 Å². The lowest BCUT2D eigenvalue weighted by atomic mass is 10.2. The number of carboxylic acids is 1. The summed E-state index contributed by atoms with van der Waals surface area (Å²) >= 11 is 0. The number of nitrogens with zero attached hydrogens (tertiary/aromatic N) is 1. The molecule has 1 aromatic heterocycles. The number of carbonyl (C=O) groups is 2. The highest BCUT2D eigenvalue weighted by Gasteiger charge is 2.11. The highest BCUT2D eigenvalue weighted by molar-refractivity contribution is 5.94. The van der Waals surface area contributed by atoms with E-state index in [1.165, 1.54) is 12.3 Å². The lowest BCUT2D eigenvalue weighted by Gasteiger charge is -2.08. The van der Waals surface area contributed by atoms with Gasteiger partial charge in [0.2, 0.25) is 0 Å². The van der Waals surface area contributed by atoms with Crippen LogP contribution < -0.4 is 4.74 Å². The Morgan fingerprint density at radius 3 is 2.55 bits per heavy atom. The number of ketones is 1. The van der Waals surface area contributed by atoms with Crippen LogP contribution in [-0.2, 0) is 0 Å². The van der Waals surface area contributed by atoms with Crippen molar-refractivity contribution in [3.63, 3.8) is 0 Å². The standard InChI is InChI=1S/C15H13NO4/c1-2-13(17)12-8-7-10(9-16-12)20-14-6-4-3-5-11(14)15(18)19/h3-9H,2H2,1H3,(H,18,19). The first-order valence-electron chi connectivity index (χ1n) is 6.11. The minimum absolute atomic E-state index is 0.0533. The van der Waals surface area contributed by atoms with Gasteiger partial charge in [0.15, 0.2) is 5.78 Å². The van der Waals surface area contributed by atoms with Gasteiger partial charge in [-0.3, -0.25) is 4.79 Å². The summed E-state index contributed by atoms with van der Waals surface area (Å²) < 4.78 is 5.48. The van der Waals surface area contributed by atoms with Gasteiger partial charge >= 0.3 is 5.97 Å². The molecule has 0 atom stereocenters. The lowest BCUT2D eigenvalue weighted by Crippen LogP contribution is -2.01. The highest BCUT2D eigenvalue weighted by Crippen LogP contribution is 2.24. The van der Waals surface area contributed by atoms with Crippen LogP contribution in [0.1, 0.15) is 34.2 Å². The highest BCUT2D eigenvalue weighted by atomic mass is 16.5. The van der Waals surface area contributed by atoms with Crippen molar-refractivity contribution in [2.45, 2.75) is 13.3 Å². The summed E-state index contributed by atoms with van der Waals surface area (Å²) in [6.45, 7) is 1.76. The van der Waals surface area contributed by atoms with Crippen molar-refractivity contribution in [1.82, 2.24) is 4.98 Å². The maximum Gasteiger partial charge on any atom is 0.339 e. The molecule has 1 aromatic carbocycles. The number of ether oxygens (including phenoxy) is 1. The van der Waals surface area contributed by atoms with Crippen LogP contribution in [0.4, 0.5) is 0 Å². The molecule has 0 amide bonds. The number of para-hydroxylation sites is 1. The van der Waals surface area contributed by atoms with Gasteiger partial charge in [-0.15, -0.1) is 0 Å². The Morgan fingerprint density at radius 2 is 1.95 bits per heavy atom. The number of rotatable bonds is 5. The fraction of sp³-hybridized carbons (Fsp3) is 0.133. The number of carbonyl (C=O) groups excluding carboxylic acids is 1. The van der Waals surface area contributed by atoms with Gasteiger partial charge in [0.1, 0.15) is 22.8 Å². The van der Waals surface area contributed by atoms with Gasteiger partial charge in [0.25, 0.3) is 0 Å². The van der Waals surface area contributed by atoms with Crippen LogP contribution >= 0.6 is 0 Å². The van der Waals surface area contributed by atoms with Gasteiger partial charge in [0, 0.05) is 6.42 Å². The number of carboxylic acid groups (broad SMARTS) is 1. The van der Waals surface area contributed by atoms with Gasteiger partial charge in [0.05, 0.1) is 6.20 Å². The van der Waals surface area contributed by atoms with Crippen molar-refractivity contribution < 1.29 is 19.4 Å². The number of pyridine rings is 1. The van der Waals surface area contributed by atoms with E-state index in [4.69, 9.17) is 9.84 Å². The summed E-state index contributed by atoms with van der Waals surface area (Å²) in [6.07, 6.45) is 1.79. The van der Waals surface area contributed by atoms with Crippen molar-refractivity contribution in [2.75, 3.05) is 0 Å². The van der Waals surface area contributed by atoms with Crippen LogP contribution in [0.2, 0.25) is 0 Å². The summed E-state index contributed by atoms with van der Waals surface area (Å²) in [4.78, 5) is 26.5. The van der Waals surface area contributed by atoms with Crippen molar-refractivity contribution in [1.29, 1.82) is 0 Å². The zero-order valence-electron chi connectivity index (χ0n) is 10.9. The Kier molecular flexibility index (Phi) is 4.10. The second-order valence-corrected chi connectivity index (χ2v) is 4.06. The molecule has 5 nitrogen and oxygen atoms in total. The van der Waals surface area contributed by atoms with Crippen molar-refractivity contribution in [3.05, 3.63) is 53.9 Å². The van der Waals surface area contributed by atoms with E-state index >= 15 is 0 Å². The number of aromatic carboxylic acids is 1. The monoisotopic (exact) mass is 271 g/mol. The molecule has 0 aliphatic carbocycles. The molecular formula is C15H13NO4. The fourth-order valence-electron chi connectivity index (χ4n) is 1.65. The Balaban J connectivity index is 2.23. The predicted octanol–water partition coefficient (Wildman–Crippen LogP) is 3.16. The summed E-state index contributed by atoms with van der Waals surface area (Å²) in [5, 5.41) is 9.05. The first kappa shape index (κ1) is 13.7. The molecule has 102 valence electrons. The fourth-order valence-corrected chi connectivity index (χ4v) is 1.65. The van der Waals surface area contributed by atoms with E-state index in [-0.39, 0.29) is 17.1 Å². The SMILES string of the molecule is CCC(=O)c1ccc(Oc2ccccc2C(=O)O)cn1. The van der Waals surface area contributed by atoms with E-state index in [1.807, 2.05) is 0 Å². The Bertz CT molecular complexity index is 635. The number of aromatic nitrogens is 1. The van der Waals surface area contributed by atoms with Gasteiger partial charge in [-0.05, 0) is 24.3 Å². The normalized spacial score (nSPS) is 10.1. The topological polar surface area (TPSA) is 76.5 Å². The number of hydrogen-bond donors (Lipinski definition) is 1. The molecule has 0 fully saturated rings. The molecule has 20 heavy (non-hydrogen) atoms. The van der Waals surface area contributed by atoms with Crippen LogP contribution in [0.25, 0.3) is 0 Å². The molecule has 0 spiro atoms. The van der Waals surface area contributed by atoms with Crippen molar-refractivity contribution in [2.24, 2.45) is 0 Å². The summed E-state index contributed by atoms with van der Waals surface area (Å²) in [5.41, 5.74) is 0.438. The van der Waals surface area contributed by atoms with Gasteiger partial charge in [-0.25, -0.2) is 9.78 Å². The van der Waals surface area contributed by atoms with Crippen LogP contribution in [-0.4, -0.2) is 21.8 Å². The van der Waals surface area contributed by atoms with Gasteiger partial charge in [-0.2, -0.15) is 0 Å². The molecular weight excluding hydrogens is 258 g/mol. The van der Waals surface area contributed by atoms with Crippen molar-refractivity contribution >= 4 is 11.8 Å². The molecule has 0 saturated heterocycles. The molecule has 0 saturated carbocycles. The second-order valence-electron chi connectivity index (χ2n) is 4.06. The predicted molar refractivity (Wildman–Crippen MR) is 72.3 cm³/mol. The lowest BCUT2D eigenvalue weighted by molar-refractivity contribution is 0.0694. The zero-order chi connectivity index (χ0) is 14.5. The first-order valence-corrected chi connectivity index (χ1v) is 6.11. The molecule has 5 heteroatoms. The van der Waals surface area contributed by atoms with E-state index in [9.17, 15) is 9.59 Å². The molecule has 0 aliphatic heterocycles. The van der Waals surface area contributed by atoms with E-state index < -0.39 is 5.97 Å². The quantitative estimate of drug-likeness (QED) is 0.845. The third kappa shape index (κ3) is 3.00. The first-order chi connectivity index (χ1) is 9.61. The summed E-state index contributed by atoms with van der Waals surface area (Å²) in [5.74, 6) is -0.503. The molecule has 2 rings (SSSR count). The number of benzene rings is 1. The number of hydrogen-bond acceptors (Lipinski definition) is 4. The van der Waals surface area contributed by atoms with Crippen LogP contribution in [0.5, 0.6) is 11.5 Å². The minimum Gasteiger partial charge on any atom is -0.478 e. The Labute approximate surface area is 115 Å². The maximum absolute atomic E-state index is 11.4. The maximum atomic E-state index is 11.4. The third-order valence-electron chi connectivity index (χ3n) is 2.69. The molecule has 1 heterocycles. The van der Waals surface area contributed by atoms with E-state index in [1.54, 1.807) is 37.3 Å². The van der Waals surface area contributed by atoms with Gasteiger partial charge < -0.3 is 9.84 Å². The van der Waals surface area contributed by atoms with E-state index in [0.717, 1.165) is 0 Å². The van der Waals surface area contributed by atoms with Crippen LogP contribution in [0.3, 0.4) is 0 Å². The second kappa shape index (κ2) is 5.97. The average Bonchev–Trinajstić information content (AvgIpc) is 2.47. The molecule has 0 radical (unpaired) electrons. The smallest absolute Gasteiger partial charge is 0.339 e. The zero-order valence-corrected chi connectivity index (χ0v) is 10.9. The Morgan fingerprint density at radius 1 is 1.20 bits per heavy atom. The van der Waals surface area contributed by atoms with Crippen LogP contribution in [0, 0.1) is 0 Å². The Hall–Kier alpha value is -2.69. The van der Waals surface area contributed by atoms with E-state index in [0.29, 0.717) is 17.9 Å². The third-order valence-corrected chi connectivity index (χ3v) is 2.69.